The third-order valence-corrected chi connectivity index (χ3v) is 6.70. The molecule has 1 amide bonds. The van der Waals surface area contributed by atoms with Gasteiger partial charge in [0.05, 0.1) is 24.9 Å². The molecule has 2 N–H and O–H groups in total. The number of piperidine rings is 1. The summed E-state index contributed by atoms with van der Waals surface area (Å²) in [6.07, 6.45) is 0.854. The number of rotatable bonds is 7. The van der Waals surface area contributed by atoms with Crippen molar-refractivity contribution in [3.05, 3.63) is 58.9 Å². The second kappa shape index (κ2) is 11.2. The Balaban J connectivity index is 1.33. The highest BCUT2D eigenvalue weighted by Gasteiger charge is 2.35. The summed E-state index contributed by atoms with van der Waals surface area (Å²) < 4.78 is 24.1. The molecular weight excluding hydrogens is 477 g/mol. The van der Waals surface area contributed by atoms with Gasteiger partial charge in [-0.3, -0.25) is 4.79 Å². The van der Waals surface area contributed by atoms with Crippen LogP contribution in [-0.2, 0) is 9.53 Å². The molecule has 1 unspecified atom stereocenters. The van der Waals surface area contributed by atoms with E-state index in [-0.39, 0.29) is 24.6 Å². The van der Waals surface area contributed by atoms with E-state index in [0.29, 0.717) is 48.2 Å². The first-order valence-electron chi connectivity index (χ1n) is 11.6. The summed E-state index contributed by atoms with van der Waals surface area (Å²) in [4.78, 5) is 27.9. The fraction of sp³-hybridized carbons (Fsp3) is 0.440. The molecular formula is C25H29ClFN3O5. The van der Waals surface area contributed by atoms with E-state index in [2.05, 4.69) is 10.1 Å². The van der Waals surface area contributed by atoms with Gasteiger partial charge in [0.1, 0.15) is 11.6 Å². The van der Waals surface area contributed by atoms with E-state index in [1.807, 2.05) is 9.80 Å². The summed E-state index contributed by atoms with van der Waals surface area (Å²) in [6.45, 7) is 1.68. The topological polar surface area (TPSA) is 91.3 Å². The van der Waals surface area contributed by atoms with Crippen molar-refractivity contribution in [2.24, 2.45) is 0 Å². The third-order valence-electron chi connectivity index (χ3n) is 6.45. The number of halogens is 2. The number of methoxy groups -OCH3 is 1. The van der Waals surface area contributed by atoms with Gasteiger partial charge < -0.3 is 29.7 Å². The number of aliphatic hydroxyl groups is 1. The molecule has 2 fully saturated rings. The van der Waals surface area contributed by atoms with E-state index in [0.717, 1.165) is 12.8 Å². The van der Waals surface area contributed by atoms with Gasteiger partial charge in [-0.05, 0) is 49.2 Å². The minimum Gasteiger partial charge on any atom is -0.480 e. The van der Waals surface area contributed by atoms with E-state index in [9.17, 15) is 19.1 Å². The first kappa shape index (κ1) is 25.2. The third kappa shape index (κ3) is 6.22. The highest BCUT2D eigenvalue weighted by molar-refractivity contribution is 6.30. The molecule has 2 aromatic carbocycles. The fourth-order valence-electron chi connectivity index (χ4n) is 4.53. The van der Waals surface area contributed by atoms with Gasteiger partial charge in [-0.1, -0.05) is 11.6 Å². The van der Waals surface area contributed by atoms with Crippen LogP contribution in [0.2, 0.25) is 5.02 Å². The van der Waals surface area contributed by atoms with Gasteiger partial charge in [0.2, 0.25) is 0 Å². The minimum absolute atomic E-state index is 0.0159. The Morgan fingerprint density at radius 3 is 2.54 bits per heavy atom. The number of β-amino-alcohol motifs (C(OH)–C–C–N with tert-alkyl or cyclic N) is 1. The number of hydrogen-bond donors (Lipinski definition) is 2. The molecule has 2 aliphatic rings. The zero-order valence-electron chi connectivity index (χ0n) is 19.5. The summed E-state index contributed by atoms with van der Waals surface area (Å²) >= 11 is 5.91. The average Bonchev–Trinajstić information content (AvgIpc) is 3.23. The van der Waals surface area contributed by atoms with Crippen LogP contribution in [0, 0.1) is 5.82 Å². The quantitative estimate of drug-likeness (QED) is 0.559. The van der Waals surface area contributed by atoms with Crippen LogP contribution in [0.3, 0.4) is 0 Å². The van der Waals surface area contributed by atoms with Crippen molar-refractivity contribution in [3.8, 4) is 5.75 Å². The number of nitrogens with one attached hydrogen (secondary N) is 1. The fourth-order valence-corrected chi connectivity index (χ4v) is 4.66. The zero-order valence-corrected chi connectivity index (χ0v) is 20.2. The van der Waals surface area contributed by atoms with Crippen LogP contribution in [0.5, 0.6) is 5.75 Å². The molecule has 8 nitrogen and oxygen atoms in total. The van der Waals surface area contributed by atoms with Gasteiger partial charge in [0.25, 0.3) is 5.91 Å². The monoisotopic (exact) mass is 505 g/mol. The molecule has 10 heteroatoms. The smallest absolute Gasteiger partial charge is 0.343 e. The predicted octanol–water partition coefficient (Wildman–Crippen LogP) is 2.47. The summed E-state index contributed by atoms with van der Waals surface area (Å²) in [5, 5.41) is 14.8. The molecule has 0 spiro atoms. The molecule has 0 radical (unpaired) electrons. The van der Waals surface area contributed by atoms with Crippen molar-refractivity contribution in [2.75, 3.05) is 44.8 Å². The number of benzene rings is 2. The number of amides is 1. The first-order chi connectivity index (χ1) is 16.8. The molecule has 2 aliphatic heterocycles. The number of nitrogens with zero attached hydrogens (tertiary/aromatic N) is 2. The Labute approximate surface area is 208 Å². The summed E-state index contributed by atoms with van der Waals surface area (Å²) in [7, 11) is 1.27. The van der Waals surface area contributed by atoms with Gasteiger partial charge in [0, 0.05) is 48.9 Å². The molecule has 0 saturated carbocycles. The lowest BCUT2D eigenvalue weighted by molar-refractivity contribution is -0.142. The molecule has 2 aromatic rings. The van der Waals surface area contributed by atoms with E-state index < -0.39 is 17.9 Å². The maximum Gasteiger partial charge on any atom is 0.343 e. The number of carbonyl (C=O) groups is 2. The van der Waals surface area contributed by atoms with Crippen molar-refractivity contribution >= 4 is 29.2 Å². The zero-order chi connectivity index (χ0) is 24.9. The van der Waals surface area contributed by atoms with Gasteiger partial charge in [-0.15, -0.1) is 0 Å². The first-order valence-corrected chi connectivity index (χ1v) is 11.9. The van der Waals surface area contributed by atoms with Crippen molar-refractivity contribution < 1.29 is 28.6 Å². The van der Waals surface area contributed by atoms with Gasteiger partial charge >= 0.3 is 5.97 Å². The minimum atomic E-state index is -0.666. The van der Waals surface area contributed by atoms with Crippen LogP contribution in [-0.4, -0.2) is 80.0 Å². The lowest BCUT2D eigenvalue weighted by Crippen LogP contribution is -2.50. The average molecular weight is 506 g/mol. The van der Waals surface area contributed by atoms with Gasteiger partial charge in [-0.25, -0.2) is 9.18 Å². The summed E-state index contributed by atoms with van der Waals surface area (Å²) in [6, 6.07) is 10.9. The number of aliphatic hydroxyl groups excluding tert-OH is 1. The van der Waals surface area contributed by atoms with Crippen molar-refractivity contribution in [1.82, 2.24) is 10.2 Å². The van der Waals surface area contributed by atoms with Crippen molar-refractivity contribution in [1.29, 1.82) is 0 Å². The molecule has 2 atom stereocenters. The van der Waals surface area contributed by atoms with Crippen LogP contribution in [0.15, 0.2) is 42.5 Å². The lowest BCUT2D eigenvalue weighted by Gasteiger charge is -2.34. The van der Waals surface area contributed by atoms with Gasteiger partial charge in [0.15, 0.2) is 6.61 Å². The SMILES string of the molecule is COC(=O)COc1ccc(F)cc1N1CC(NC2CCN(C(=O)c3ccc(Cl)cc3)CC2)[C@H](O)C1. The standard InChI is InChI=1S/C25H29ClFN3O5/c1-34-24(32)15-35-23-7-6-18(27)12-21(23)30-13-20(22(31)14-30)28-19-8-10-29(11-9-19)25(33)16-2-4-17(26)5-3-16/h2-7,12,19-20,22,28,31H,8-11,13-15H2,1H3/t20?,22-/m1/s1. The van der Waals surface area contributed by atoms with E-state index in [1.165, 1.54) is 25.3 Å². The van der Waals surface area contributed by atoms with Crippen LogP contribution in [0.1, 0.15) is 23.2 Å². The maximum absolute atomic E-state index is 14.0. The lowest BCUT2D eigenvalue weighted by atomic mass is 10.0. The molecule has 0 bridgehead atoms. The highest BCUT2D eigenvalue weighted by Crippen LogP contribution is 2.32. The number of anilines is 1. The number of hydrogen-bond acceptors (Lipinski definition) is 7. The molecule has 2 saturated heterocycles. The summed E-state index contributed by atoms with van der Waals surface area (Å²) in [5.74, 6) is -0.646. The van der Waals surface area contributed by atoms with E-state index in [4.69, 9.17) is 16.3 Å². The van der Waals surface area contributed by atoms with Crippen LogP contribution in [0.4, 0.5) is 10.1 Å². The van der Waals surface area contributed by atoms with E-state index >= 15 is 0 Å². The Morgan fingerprint density at radius 1 is 1.14 bits per heavy atom. The van der Waals surface area contributed by atoms with Crippen LogP contribution in [0.25, 0.3) is 0 Å². The summed E-state index contributed by atoms with van der Waals surface area (Å²) in [5.41, 5.74) is 1.09. The Morgan fingerprint density at radius 2 is 1.86 bits per heavy atom. The second-order valence-corrected chi connectivity index (χ2v) is 9.23. The molecule has 2 heterocycles. The Bertz CT molecular complexity index is 1050. The maximum atomic E-state index is 14.0. The number of likely N-dealkylation sites (tertiary alicyclic amines) is 1. The number of esters is 1. The molecule has 188 valence electrons. The Kier molecular flexibility index (Phi) is 8.10. The van der Waals surface area contributed by atoms with Crippen molar-refractivity contribution in [2.45, 2.75) is 31.0 Å². The molecule has 0 aromatic heterocycles. The number of carbonyl (C=O) groups excluding carboxylic acids is 2. The van der Waals surface area contributed by atoms with Crippen LogP contribution < -0.4 is 15.0 Å². The molecule has 0 aliphatic carbocycles. The normalized spacial score (nSPS) is 20.7. The van der Waals surface area contributed by atoms with Gasteiger partial charge in [-0.2, -0.15) is 0 Å². The predicted molar refractivity (Wildman–Crippen MR) is 129 cm³/mol. The molecule has 4 rings (SSSR count). The molecule has 35 heavy (non-hydrogen) atoms. The highest BCUT2D eigenvalue weighted by atomic mass is 35.5. The van der Waals surface area contributed by atoms with E-state index in [1.54, 1.807) is 24.3 Å². The second-order valence-electron chi connectivity index (χ2n) is 8.80. The Hall–Kier alpha value is -2.88. The number of ether oxygens (including phenoxy) is 2. The van der Waals surface area contributed by atoms with Crippen LogP contribution >= 0.6 is 11.6 Å². The largest absolute Gasteiger partial charge is 0.480 e. The van der Waals surface area contributed by atoms with Crippen molar-refractivity contribution in [3.63, 3.8) is 0 Å².